The number of nitrogens with zero attached hydrogens (tertiary/aromatic N) is 3. The number of hydrogen-bond donors (Lipinski definition) is 1. The van der Waals surface area contributed by atoms with E-state index in [1.165, 1.54) is 37.2 Å². The molecule has 2 heterocycles. The predicted octanol–water partition coefficient (Wildman–Crippen LogP) is 1.71. The molecule has 102 valence electrons. The molecule has 1 saturated heterocycles. The zero-order valence-electron chi connectivity index (χ0n) is 11.9. The zero-order valence-corrected chi connectivity index (χ0v) is 11.9. The summed E-state index contributed by atoms with van der Waals surface area (Å²) in [5, 5.41) is 4.54. The molecule has 0 bridgehead atoms. The van der Waals surface area contributed by atoms with E-state index in [1.54, 1.807) is 0 Å². The van der Waals surface area contributed by atoms with Crippen molar-refractivity contribution in [3.05, 3.63) is 17.5 Å². The number of aromatic nitrogens is 2. The topological polar surface area (TPSA) is 47.1 Å². The maximum absolute atomic E-state index is 6.03. The van der Waals surface area contributed by atoms with Crippen molar-refractivity contribution in [2.45, 2.75) is 39.2 Å². The van der Waals surface area contributed by atoms with Gasteiger partial charge in [-0.05, 0) is 25.3 Å². The van der Waals surface area contributed by atoms with Gasteiger partial charge >= 0.3 is 0 Å². The van der Waals surface area contributed by atoms with Gasteiger partial charge in [-0.2, -0.15) is 5.10 Å². The lowest BCUT2D eigenvalue weighted by Crippen LogP contribution is -2.32. The van der Waals surface area contributed by atoms with Gasteiger partial charge < -0.3 is 5.73 Å². The SMILES string of the molecule is CCc1nn(C)cc1C(CN)N1CCC(CC)C1. The highest BCUT2D eigenvalue weighted by molar-refractivity contribution is 5.22. The molecule has 0 aliphatic carbocycles. The Bertz CT molecular complexity index is 385. The van der Waals surface area contributed by atoms with Crippen molar-refractivity contribution in [2.24, 2.45) is 18.7 Å². The molecule has 18 heavy (non-hydrogen) atoms. The van der Waals surface area contributed by atoms with Gasteiger partial charge in [0.05, 0.1) is 11.7 Å². The second-order valence-corrected chi connectivity index (χ2v) is 5.37. The van der Waals surface area contributed by atoms with Gasteiger partial charge in [0.2, 0.25) is 0 Å². The van der Waals surface area contributed by atoms with E-state index in [4.69, 9.17) is 5.73 Å². The van der Waals surface area contributed by atoms with E-state index >= 15 is 0 Å². The van der Waals surface area contributed by atoms with Crippen LogP contribution in [0.5, 0.6) is 0 Å². The Morgan fingerprint density at radius 3 is 2.83 bits per heavy atom. The van der Waals surface area contributed by atoms with Crippen LogP contribution in [0, 0.1) is 5.92 Å². The molecule has 1 aromatic rings. The minimum atomic E-state index is 0.352. The van der Waals surface area contributed by atoms with Crippen LogP contribution >= 0.6 is 0 Å². The molecule has 2 atom stereocenters. The van der Waals surface area contributed by atoms with Gasteiger partial charge in [0.1, 0.15) is 0 Å². The summed E-state index contributed by atoms with van der Waals surface area (Å²) < 4.78 is 1.92. The third kappa shape index (κ3) is 2.59. The van der Waals surface area contributed by atoms with Gasteiger partial charge in [-0.1, -0.05) is 20.3 Å². The standard InChI is InChI=1S/C14H26N4/c1-4-11-6-7-18(9-11)14(8-15)12-10-17(3)16-13(12)5-2/h10-11,14H,4-9,15H2,1-3H3. The second kappa shape index (κ2) is 5.85. The van der Waals surface area contributed by atoms with Gasteiger partial charge in [0, 0.05) is 31.9 Å². The van der Waals surface area contributed by atoms with Gasteiger partial charge in [0.15, 0.2) is 0 Å². The lowest BCUT2D eigenvalue weighted by molar-refractivity contribution is 0.240. The van der Waals surface area contributed by atoms with Crippen molar-refractivity contribution >= 4 is 0 Å². The lowest BCUT2D eigenvalue weighted by atomic mass is 10.0. The second-order valence-electron chi connectivity index (χ2n) is 5.37. The maximum atomic E-state index is 6.03. The highest BCUT2D eigenvalue weighted by Crippen LogP contribution is 2.29. The fourth-order valence-electron chi connectivity index (χ4n) is 3.06. The summed E-state index contributed by atoms with van der Waals surface area (Å²) >= 11 is 0. The molecule has 1 aromatic heterocycles. The quantitative estimate of drug-likeness (QED) is 0.865. The first-order valence-corrected chi connectivity index (χ1v) is 7.16. The highest BCUT2D eigenvalue weighted by atomic mass is 15.3. The van der Waals surface area contributed by atoms with Crippen molar-refractivity contribution in [1.82, 2.24) is 14.7 Å². The van der Waals surface area contributed by atoms with Crippen LogP contribution in [0.2, 0.25) is 0 Å². The largest absolute Gasteiger partial charge is 0.329 e. The smallest absolute Gasteiger partial charge is 0.0670 e. The number of nitrogens with two attached hydrogens (primary N) is 1. The third-order valence-electron chi connectivity index (χ3n) is 4.19. The normalized spacial score (nSPS) is 22.6. The molecule has 0 aromatic carbocycles. The molecule has 4 nitrogen and oxygen atoms in total. The Kier molecular flexibility index (Phi) is 4.40. The van der Waals surface area contributed by atoms with Gasteiger partial charge in [-0.25, -0.2) is 0 Å². The molecular formula is C14H26N4. The Morgan fingerprint density at radius 1 is 1.50 bits per heavy atom. The first-order chi connectivity index (χ1) is 8.69. The molecule has 1 fully saturated rings. The minimum absolute atomic E-state index is 0.352. The molecule has 0 amide bonds. The van der Waals surface area contributed by atoms with E-state index in [0.29, 0.717) is 12.6 Å². The molecule has 2 rings (SSSR count). The summed E-state index contributed by atoms with van der Waals surface area (Å²) in [7, 11) is 2.00. The monoisotopic (exact) mass is 250 g/mol. The van der Waals surface area contributed by atoms with E-state index < -0.39 is 0 Å². The molecule has 2 unspecified atom stereocenters. The number of aryl methyl sites for hydroxylation is 2. The number of likely N-dealkylation sites (tertiary alicyclic amines) is 1. The molecule has 0 radical (unpaired) electrons. The fraction of sp³-hybridized carbons (Fsp3) is 0.786. The third-order valence-corrected chi connectivity index (χ3v) is 4.19. The van der Waals surface area contributed by atoms with Crippen LogP contribution in [0.4, 0.5) is 0 Å². The van der Waals surface area contributed by atoms with E-state index in [9.17, 15) is 0 Å². The van der Waals surface area contributed by atoms with Crippen molar-refractivity contribution in [2.75, 3.05) is 19.6 Å². The Labute approximate surface area is 110 Å². The predicted molar refractivity (Wildman–Crippen MR) is 74.4 cm³/mol. The van der Waals surface area contributed by atoms with Crippen molar-refractivity contribution in [1.29, 1.82) is 0 Å². The average Bonchev–Trinajstić information content (AvgIpc) is 2.97. The van der Waals surface area contributed by atoms with Crippen LogP contribution in [-0.2, 0) is 13.5 Å². The summed E-state index contributed by atoms with van der Waals surface area (Å²) in [5.74, 6) is 0.848. The van der Waals surface area contributed by atoms with E-state index in [-0.39, 0.29) is 0 Å². The highest BCUT2D eigenvalue weighted by Gasteiger charge is 2.29. The average molecular weight is 250 g/mol. The van der Waals surface area contributed by atoms with Crippen LogP contribution in [0.1, 0.15) is 44.0 Å². The Hall–Kier alpha value is -0.870. The molecular weight excluding hydrogens is 224 g/mol. The minimum Gasteiger partial charge on any atom is -0.329 e. The van der Waals surface area contributed by atoms with Gasteiger partial charge in [0.25, 0.3) is 0 Å². The Morgan fingerprint density at radius 2 is 2.28 bits per heavy atom. The summed E-state index contributed by atoms with van der Waals surface area (Å²) in [6, 6.07) is 0.352. The molecule has 0 spiro atoms. The zero-order chi connectivity index (χ0) is 13.1. The summed E-state index contributed by atoms with van der Waals surface area (Å²) in [6.45, 7) is 7.51. The lowest BCUT2D eigenvalue weighted by Gasteiger charge is -2.26. The van der Waals surface area contributed by atoms with Crippen LogP contribution < -0.4 is 5.73 Å². The summed E-state index contributed by atoms with van der Waals surface area (Å²) in [6.07, 6.45) is 5.73. The van der Waals surface area contributed by atoms with Gasteiger partial charge in [-0.3, -0.25) is 9.58 Å². The van der Waals surface area contributed by atoms with E-state index in [2.05, 4.69) is 30.0 Å². The maximum Gasteiger partial charge on any atom is 0.0670 e. The molecule has 1 aliphatic heterocycles. The van der Waals surface area contributed by atoms with Crippen LogP contribution in [-0.4, -0.2) is 34.3 Å². The van der Waals surface area contributed by atoms with Crippen molar-refractivity contribution < 1.29 is 0 Å². The van der Waals surface area contributed by atoms with Crippen LogP contribution in [0.15, 0.2) is 6.20 Å². The Balaban J connectivity index is 2.17. The molecule has 4 heteroatoms. The summed E-state index contributed by atoms with van der Waals surface area (Å²) in [4.78, 5) is 2.55. The van der Waals surface area contributed by atoms with Crippen LogP contribution in [0.3, 0.4) is 0 Å². The van der Waals surface area contributed by atoms with Gasteiger partial charge in [-0.15, -0.1) is 0 Å². The first kappa shape index (κ1) is 13.6. The van der Waals surface area contributed by atoms with Crippen LogP contribution in [0.25, 0.3) is 0 Å². The first-order valence-electron chi connectivity index (χ1n) is 7.16. The van der Waals surface area contributed by atoms with E-state index in [0.717, 1.165) is 12.3 Å². The van der Waals surface area contributed by atoms with Crippen molar-refractivity contribution in [3.63, 3.8) is 0 Å². The fourth-order valence-corrected chi connectivity index (χ4v) is 3.06. The number of hydrogen-bond acceptors (Lipinski definition) is 3. The number of rotatable bonds is 5. The molecule has 1 aliphatic rings. The van der Waals surface area contributed by atoms with E-state index in [1.807, 2.05) is 11.7 Å². The molecule has 2 N–H and O–H groups in total. The molecule has 0 saturated carbocycles. The summed E-state index contributed by atoms with van der Waals surface area (Å²) in [5.41, 5.74) is 8.56. The van der Waals surface area contributed by atoms with Crippen molar-refractivity contribution in [3.8, 4) is 0 Å².